The number of rotatable bonds is 5. The maximum absolute atomic E-state index is 11.2. The highest BCUT2D eigenvalue weighted by molar-refractivity contribution is 8.00. The first-order valence-corrected chi connectivity index (χ1v) is 6.29. The Morgan fingerprint density at radius 1 is 1.59 bits per heavy atom. The molecule has 0 aromatic heterocycles. The minimum absolute atomic E-state index is 0.00503. The van der Waals surface area contributed by atoms with Gasteiger partial charge in [0.1, 0.15) is 0 Å². The first-order valence-electron chi connectivity index (χ1n) is 5.30. The van der Waals surface area contributed by atoms with E-state index in [2.05, 4.69) is 16.9 Å². The molecule has 0 spiro atoms. The zero-order valence-corrected chi connectivity index (χ0v) is 10.9. The van der Waals surface area contributed by atoms with Crippen molar-refractivity contribution >= 4 is 35.6 Å². The lowest BCUT2D eigenvalue weighted by molar-refractivity contribution is -0.118. The standard InChI is InChI=1S/C13H16N2OS/c1-4-10-7-6-8-11(13(10)15-5-2)17-9-12(16)14-3/h4-8H,1,9H2,2-3H3,(H,14,16). The zero-order valence-electron chi connectivity index (χ0n) is 10.1. The van der Waals surface area contributed by atoms with Crippen molar-refractivity contribution in [1.29, 1.82) is 0 Å². The molecule has 0 saturated heterocycles. The summed E-state index contributed by atoms with van der Waals surface area (Å²) in [6.07, 6.45) is 3.51. The minimum Gasteiger partial charge on any atom is -0.358 e. The van der Waals surface area contributed by atoms with Gasteiger partial charge in [-0.3, -0.25) is 9.79 Å². The SMILES string of the molecule is C=Cc1cccc(SCC(=O)NC)c1N=CC. The number of hydrogen-bond acceptors (Lipinski definition) is 3. The number of hydrogen-bond donors (Lipinski definition) is 1. The Hall–Kier alpha value is -1.55. The predicted octanol–water partition coefficient (Wildman–Crippen LogP) is 2.89. The van der Waals surface area contributed by atoms with Gasteiger partial charge in [-0.25, -0.2) is 0 Å². The summed E-state index contributed by atoms with van der Waals surface area (Å²) in [4.78, 5) is 16.5. The van der Waals surface area contributed by atoms with E-state index >= 15 is 0 Å². The molecule has 1 amide bonds. The number of carbonyl (C=O) groups excluding carboxylic acids is 1. The van der Waals surface area contributed by atoms with Crippen molar-refractivity contribution in [2.75, 3.05) is 12.8 Å². The molecule has 0 unspecified atom stereocenters. The highest BCUT2D eigenvalue weighted by Gasteiger charge is 2.07. The molecule has 90 valence electrons. The average molecular weight is 248 g/mol. The Morgan fingerprint density at radius 2 is 2.35 bits per heavy atom. The van der Waals surface area contributed by atoms with Gasteiger partial charge in [-0.05, 0) is 13.0 Å². The molecule has 17 heavy (non-hydrogen) atoms. The van der Waals surface area contributed by atoms with E-state index in [1.165, 1.54) is 11.8 Å². The van der Waals surface area contributed by atoms with Crippen LogP contribution in [-0.4, -0.2) is 24.9 Å². The molecule has 0 saturated carbocycles. The van der Waals surface area contributed by atoms with Crippen LogP contribution in [0.25, 0.3) is 6.08 Å². The summed E-state index contributed by atoms with van der Waals surface area (Å²) >= 11 is 1.48. The molecule has 0 fully saturated rings. The molecule has 0 aliphatic carbocycles. The zero-order chi connectivity index (χ0) is 12.7. The van der Waals surface area contributed by atoms with Gasteiger partial charge in [0.15, 0.2) is 0 Å². The third-order valence-corrected chi connectivity index (χ3v) is 3.19. The Morgan fingerprint density at radius 3 is 2.94 bits per heavy atom. The molecular formula is C13H16N2OS. The maximum atomic E-state index is 11.2. The van der Waals surface area contributed by atoms with Crippen LogP contribution in [0.1, 0.15) is 12.5 Å². The Kier molecular flexibility index (Phi) is 5.49. The van der Waals surface area contributed by atoms with Crippen molar-refractivity contribution in [1.82, 2.24) is 5.32 Å². The summed E-state index contributed by atoms with van der Waals surface area (Å²) in [5.41, 5.74) is 1.85. The van der Waals surface area contributed by atoms with Crippen molar-refractivity contribution in [3.05, 3.63) is 30.3 Å². The van der Waals surface area contributed by atoms with Gasteiger partial charge in [-0.1, -0.05) is 24.8 Å². The molecule has 0 aliphatic rings. The number of carbonyl (C=O) groups is 1. The Labute approximate surface area is 106 Å². The molecular weight excluding hydrogens is 232 g/mol. The van der Waals surface area contributed by atoms with Gasteiger partial charge in [0.05, 0.1) is 11.4 Å². The van der Waals surface area contributed by atoms with Gasteiger partial charge < -0.3 is 5.32 Å². The van der Waals surface area contributed by atoms with Crippen molar-refractivity contribution in [3.63, 3.8) is 0 Å². The summed E-state index contributed by atoms with van der Waals surface area (Å²) in [6, 6.07) is 5.86. The fraction of sp³-hybridized carbons (Fsp3) is 0.231. The van der Waals surface area contributed by atoms with Crippen LogP contribution >= 0.6 is 11.8 Å². The third kappa shape index (κ3) is 3.75. The van der Waals surface area contributed by atoms with E-state index in [4.69, 9.17) is 0 Å². The highest BCUT2D eigenvalue weighted by atomic mass is 32.2. The summed E-state index contributed by atoms with van der Waals surface area (Å²) in [6.45, 7) is 5.63. The number of nitrogens with one attached hydrogen (secondary N) is 1. The first kappa shape index (κ1) is 13.5. The van der Waals surface area contributed by atoms with Gasteiger partial charge in [0.2, 0.25) is 5.91 Å². The van der Waals surface area contributed by atoms with Gasteiger partial charge in [0.25, 0.3) is 0 Å². The predicted molar refractivity (Wildman–Crippen MR) is 75.1 cm³/mol. The van der Waals surface area contributed by atoms with Crippen LogP contribution in [0.15, 0.2) is 34.7 Å². The van der Waals surface area contributed by atoms with E-state index in [9.17, 15) is 4.79 Å². The summed E-state index contributed by atoms with van der Waals surface area (Å²) in [7, 11) is 1.63. The van der Waals surface area contributed by atoms with Crippen LogP contribution in [-0.2, 0) is 4.79 Å². The molecule has 1 aromatic carbocycles. The Balaban J connectivity index is 2.97. The molecule has 0 radical (unpaired) electrons. The van der Waals surface area contributed by atoms with Crippen molar-refractivity contribution in [3.8, 4) is 0 Å². The summed E-state index contributed by atoms with van der Waals surface area (Å²) in [5.74, 6) is 0.397. The second-order valence-electron chi connectivity index (χ2n) is 3.25. The molecule has 4 heteroatoms. The molecule has 0 heterocycles. The second-order valence-corrected chi connectivity index (χ2v) is 4.26. The third-order valence-electron chi connectivity index (χ3n) is 2.15. The Bertz CT molecular complexity index is 441. The number of amides is 1. The van der Waals surface area contributed by atoms with Crippen LogP contribution in [0.2, 0.25) is 0 Å². The normalized spacial score (nSPS) is 10.5. The van der Waals surface area contributed by atoms with Gasteiger partial charge in [-0.15, -0.1) is 11.8 Å². The second kappa shape index (κ2) is 6.91. The van der Waals surface area contributed by atoms with Crippen molar-refractivity contribution in [2.24, 2.45) is 4.99 Å². The first-order chi connectivity index (χ1) is 8.22. The fourth-order valence-electron chi connectivity index (χ4n) is 1.30. The largest absolute Gasteiger partial charge is 0.358 e. The van der Waals surface area contributed by atoms with Gasteiger partial charge in [-0.2, -0.15) is 0 Å². The van der Waals surface area contributed by atoms with Crippen LogP contribution < -0.4 is 5.32 Å². The van der Waals surface area contributed by atoms with E-state index in [0.29, 0.717) is 5.75 Å². The van der Waals surface area contributed by atoms with Crippen molar-refractivity contribution < 1.29 is 4.79 Å². The maximum Gasteiger partial charge on any atom is 0.230 e. The number of nitrogens with zero attached hydrogens (tertiary/aromatic N) is 1. The monoisotopic (exact) mass is 248 g/mol. The molecule has 1 aromatic rings. The lowest BCUT2D eigenvalue weighted by Crippen LogP contribution is -2.19. The quantitative estimate of drug-likeness (QED) is 0.643. The van der Waals surface area contributed by atoms with Gasteiger partial charge >= 0.3 is 0 Å². The molecule has 3 nitrogen and oxygen atoms in total. The molecule has 0 atom stereocenters. The highest BCUT2D eigenvalue weighted by Crippen LogP contribution is 2.33. The van der Waals surface area contributed by atoms with E-state index < -0.39 is 0 Å². The van der Waals surface area contributed by atoms with E-state index in [-0.39, 0.29) is 5.91 Å². The molecule has 0 aliphatic heterocycles. The number of benzene rings is 1. The van der Waals surface area contributed by atoms with E-state index in [1.807, 2.05) is 25.1 Å². The van der Waals surface area contributed by atoms with Crippen molar-refractivity contribution in [2.45, 2.75) is 11.8 Å². The van der Waals surface area contributed by atoms with Crippen LogP contribution in [0, 0.1) is 0 Å². The topological polar surface area (TPSA) is 41.5 Å². The fourth-order valence-corrected chi connectivity index (χ4v) is 2.22. The number of para-hydroxylation sites is 1. The van der Waals surface area contributed by atoms with Crippen LogP contribution in [0.4, 0.5) is 5.69 Å². The van der Waals surface area contributed by atoms with E-state index in [1.54, 1.807) is 19.3 Å². The van der Waals surface area contributed by atoms with Crippen LogP contribution in [0.3, 0.4) is 0 Å². The molecule has 1 N–H and O–H groups in total. The summed E-state index contributed by atoms with van der Waals surface area (Å²) < 4.78 is 0. The number of thioether (sulfide) groups is 1. The van der Waals surface area contributed by atoms with E-state index in [0.717, 1.165) is 16.1 Å². The average Bonchev–Trinajstić information content (AvgIpc) is 2.37. The smallest absolute Gasteiger partial charge is 0.230 e. The molecule has 0 bridgehead atoms. The lowest BCUT2D eigenvalue weighted by Gasteiger charge is -2.07. The minimum atomic E-state index is 0.00503. The van der Waals surface area contributed by atoms with Crippen LogP contribution in [0.5, 0.6) is 0 Å². The molecule has 1 rings (SSSR count). The van der Waals surface area contributed by atoms with Gasteiger partial charge in [0, 0.05) is 23.7 Å². The lowest BCUT2D eigenvalue weighted by atomic mass is 10.2. The number of aliphatic imine (C=N–C) groups is 1. The summed E-state index contributed by atoms with van der Waals surface area (Å²) in [5, 5.41) is 2.60.